The number of aliphatic hydroxyl groups is 1. The summed E-state index contributed by atoms with van der Waals surface area (Å²) >= 11 is 1.49. The summed E-state index contributed by atoms with van der Waals surface area (Å²) in [6, 6.07) is 21.2. The van der Waals surface area contributed by atoms with E-state index in [-0.39, 0.29) is 24.1 Å². The van der Waals surface area contributed by atoms with Crippen molar-refractivity contribution in [3.63, 3.8) is 0 Å². The van der Waals surface area contributed by atoms with Crippen molar-refractivity contribution in [3.05, 3.63) is 123 Å². The third-order valence-corrected chi connectivity index (χ3v) is 8.08. The zero-order valence-electron chi connectivity index (χ0n) is 24.3. The molecular weight excluding hydrogens is 570 g/mol. The quantitative estimate of drug-likeness (QED) is 0.181. The largest absolute Gasteiger partial charge is 0.390 e. The number of hydrogen-bond donors (Lipinski definition) is 3. The van der Waals surface area contributed by atoms with Gasteiger partial charge in [0.25, 0.3) is 18.2 Å². The van der Waals surface area contributed by atoms with Gasteiger partial charge in [0.15, 0.2) is 0 Å². The number of amides is 2. The molecular formula is C33H36F2N4O3S. The summed E-state index contributed by atoms with van der Waals surface area (Å²) in [4.78, 5) is 32.5. The molecule has 0 bridgehead atoms. The van der Waals surface area contributed by atoms with Gasteiger partial charge in [-0.25, -0.2) is 13.8 Å². The SMILES string of the molecule is Cc1csc(CN(C)C(=O)c2cccc(C(=O)N[C@@H](Cc3ccccc3)[C@H](O)CNC(C)c3cccc(C(F)F)c3)c2)n1. The van der Waals surface area contributed by atoms with E-state index in [1.165, 1.54) is 23.5 Å². The number of nitrogens with zero attached hydrogens (tertiary/aromatic N) is 2. The number of aromatic nitrogens is 1. The Morgan fingerprint density at radius 2 is 1.67 bits per heavy atom. The molecule has 2 amide bonds. The van der Waals surface area contributed by atoms with Gasteiger partial charge in [0.05, 0.1) is 18.7 Å². The first-order chi connectivity index (χ1) is 20.6. The van der Waals surface area contributed by atoms with Crippen molar-refractivity contribution in [1.82, 2.24) is 20.5 Å². The van der Waals surface area contributed by atoms with E-state index in [0.717, 1.165) is 16.3 Å². The van der Waals surface area contributed by atoms with Crippen LogP contribution in [0.2, 0.25) is 0 Å². The van der Waals surface area contributed by atoms with Crippen molar-refractivity contribution in [2.75, 3.05) is 13.6 Å². The van der Waals surface area contributed by atoms with Gasteiger partial charge in [0.1, 0.15) is 5.01 Å². The number of aryl methyl sites for hydroxylation is 1. The van der Waals surface area contributed by atoms with Crippen LogP contribution in [0.15, 0.2) is 84.2 Å². The number of rotatable bonds is 13. The predicted octanol–water partition coefficient (Wildman–Crippen LogP) is 5.71. The van der Waals surface area contributed by atoms with Crippen LogP contribution in [0.3, 0.4) is 0 Å². The maximum absolute atomic E-state index is 13.4. The summed E-state index contributed by atoms with van der Waals surface area (Å²) in [6.45, 7) is 4.20. The number of benzene rings is 3. The Kier molecular flexibility index (Phi) is 11.1. The van der Waals surface area contributed by atoms with Gasteiger partial charge in [-0.2, -0.15) is 0 Å². The number of hydrogen-bond acceptors (Lipinski definition) is 6. The summed E-state index contributed by atoms with van der Waals surface area (Å²) in [5.74, 6) is -0.664. The molecule has 1 unspecified atom stereocenters. The first kappa shape index (κ1) is 31.9. The van der Waals surface area contributed by atoms with Gasteiger partial charge in [-0.05, 0) is 55.7 Å². The smallest absolute Gasteiger partial charge is 0.263 e. The summed E-state index contributed by atoms with van der Waals surface area (Å²) in [5, 5.41) is 20.1. The van der Waals surface area contributed by atoms with Crippen LogP contribution in [-0.2, 0) is 13.0 Å². The fourth-order valence-corrected chi connectivity index (χ4v) is 5.51. The number of aliphatic hydroxyl groups excluding tert-OH is 1. The average Bonchev–Trinajstić information content (AvgIpc) is 3.43. The Morgan fingerprint density at radius 3 is 2.37 bits per heavy atom. The van der Waals surface area contributed by atoms with Crippen LogP contribution in [0.25, 0.3) is 0 Å². The second kappa shape index (κ2) is 15.0. The predicted molar refractivity (Wildman–Crippen MR) is 164 cm³/mol. The molecule has 43 heavy (non-hydrogen) atoms. The first-order valence-electron chi connectivity index (χ1n) is 14.0. The minimum atomic E-state index is -2.57. The Morgan fingerprint density at radius 1 is 0.977 bits per heavy atom. The Bertz CT molecular complexity index is 1510. The molecule has 4 rings (SSSR count). The molecule has 3 N–H and O–H groups in total. The molecule has 0 saturated carbocycles. The van der Waals surface area contributed by atoms with Crippen LogP contribution in [0.1, 0.15) is 67.5 Å². The highest BCUT2D eigenvalue weighted by molar-refractivity contribution is 7.09. The van der Waals surface area contributed by atoms with Crippen molar-refractivity contribution in [2.45, 2.75) is 51.4 Å². The molecule has 0 saturated heterocycles. The Balaban J connectivity index is 1.45. The van der Waals surface area contributed by atoms with Crippen molar-refractivity contribution in [1.29, 1.82) is 0 Å². The number of nitrogens with one attached hydrogen (secondary N) is 2. The van der Waals surface area contributed by atoms with Gasteiger partial charge in [0.2, 0.25) is 0 Å². The molecule has 1 heterocycles. The number of alkyl halides is 2. The number of halogens is 2. The molecule has 1 aromatic heterocycles. The standard InChI is InChI=1S/C33H36F2N4O3S/c1-21-20-43-30(37-21)19-39(3)33(42)27-14-8-13-26(17-27)32(41)38-28(15-23-9-5-4-6-10-23)29(40)18-36-22(2)24-11-7-12-25(16-24)31(34)35/h4-14,16-17,20,22,28-29,31,36,40H,15,18-19H2,1-3H3,(H,38,41)/t22?,28-,29+/m0/s1. The van der Waals surface area contributed by atoms with Gasteiger partial charge in [-0.15, -0.1) is 11.3 Å². The third-order valence-electron chi connectivity index (χ3n) is 7.13. The summed E-state index contributed by atoms with van der Waals surface area (Å²) in [7, 11) is 1.69. The van der Waals surface area contributed by atoms with E-state index < -0.39 is 24.5 Å². The van der Waals surface area contributed by atoms with Crippen LogP contribution in [-0.4, -0.2) is 52.5 Å². The van der Waals surface area contributed by atoms with E-state index in [0.29, 0.717) is 29.7 Å². The second-order valence-corrected chi connectivity index (χ2v) is 11.5. The molecule has 7 nitrogen and oxygen atoms in total. The monoisotopic (exact) mass is 606 g/mol. The van der Waals surface area contributed by atoms with E-state index in [1.54, 1.807) is 48.3 Å². The maximum atomic E-state index is 13.4. The number of thiazole rings is 1. The highest BCUT2D eigenvalue weighted by atomic mass is 32.1. The highest BCUT2D eigenvalue weighted by Gasteiger charge is 2.24. The van der Waals surface area contributed by atoms with Crippen molar-refractivity contribution >= 4 is 23.2 Å². The molecule has 4 aromatic rings. The van der Waals surface area contributed by atoms with Crippen LogP contribution >= 0.6 is 11.3 Å². The fourth-order valence-electron chi connectivity index (χ4n) is 4.69. The lowest BCUT2D eigenvalue weighted by Crippen LogP contribution is -2.49. The molecule has 0 radical (unpaired) electrons. The van der Waals surface area contributed by atoms with Crippen LogP contribution < -0.4 is 10.6 Å². The first-order valence-corrected chi connectivity index (χ1v) is 14.9. The van der Waals surface area contributed by atoms with Crippen molar-refractivity contribution in [3.8, 4) is 0 Å². The zero-order chi connectivity index (χ0) is 30.9. The molecule has 0 fully saturated rings. The van der Waals surface area contributed by atoms with Crippen molar-refractivity contribution < 1.29 is 23.5 Å². The molecule has 0 aliphatic rings. The lowest BCUT2D eigenvalue weighted by Gasteiger charge is -2.26. The van der Waals surface area contributed by atoms with Gasteiger partial charge in [-0.1, -0.05) is 54.6 Å². The molecule has 0 aliphatic heterocycles. The Hall–Kier alpha value is -3.99. The highest BCUT2D eigenvalue weighted by Crippen LogP contribution is 2.22. The van der Waals surface area contributed by atoms with E-state index in [1.807, 2.05) is 49.6 Å². The summed E-state index contributed by atoms with van der Waals surface area (Å²) in [6.07, 6.45) is -3.21. The number of carbonyl (C=O) groups is 2. The Labute approximate surface area is 254 Å². The average molecular weight is 607 g/mol. The van der Waals surface area contributed by atoms with Crippen LogP contribution in [0, 0.1) is 6.92 Å². The normalized spacial score (nSPS) is 13.4. The molecule has 0 aliphatic carbocycles. The van der Waals surface area contributed by atoms with Gasteiger partial charge in [0, 0.05) is 47.4 Å². The van der Waals surface area contributed by atoms with E-state index in [2.05, 4.69) is 15.6 Å². The van der Waals surface area contributed by atoms with Crippen molar-refractivity contribution in [2.24, 2.45) is 0 Å². The lowest BCUT2D eigenvalue weighted by molar-refractivity contribution is 0.0784. The van der Waals surface area contributed by atoms with Gasteiger partial charge >= 0.3 is 0 Å². The zero-order valence-corrected chi connectivity index (χ0v) is 25.2. The minimum absolute atomic E-state index is 0.0638. The summed E-state index contributed by atoms with van der Waals surface area (Å²) < 4.78 is 26.3. The third kappa shape index (κ3) is 9.00. The lowest BCUT2D eigenvalue weighted by atomic mass is 9.99. The van der Waals surface area contributed by atoms with Gasteiger partial charge < -0.3 is 20.6 Å². The number of carbonyl (C=O) groups excluding carboxylic acids is 2. The molecule has 0 spiro atoms. The maximum Gasteiger partial charge on any atom is 0.263 e. The summed E-state index contributed by atoms with van der Waals surface area (Å²) in [5.41, 5.74) is 3.09. The second-order valence-electron chi connectivity index (χ2n) is 10.6. The van der Waals surface area contributed by atoms with Crippen LogP contribution in [0.5, 0.6) is 0 Å². The van der Waals surface area contributed by atoms with Crippen LogP contribution in [0.4, 0.5) is 8.78 Å². The van der Waals surface area contributed by atoms with E-state index in [4.69, 9.17) is 0 Å². The molecule has 10 heteroatoms. The van der Waals surface area contributed by atoms with Gasteiger partial charge in [-0.3, -0.25) is 9.59 Å². The fraction of sp³-hybridized carbons (Fsp3) is 0.303. The molecule has 226 valence electrons. The van der Waals surface area contributed by atoms with E-state index >= 15 is 0 Å². The van der Waals surface area contributed by atoms with E-state index in [9.17, 15) is 23.5 Å². The minimum Gasteiger partial charge on any atom is -0.390 e. The topological polar surface area (TPSA) is 94.6 Å². The molecule has 3 aromatic carbocycles. The molecule has 3 atom stereocenters.